The van der Waals surface area contributed by atoms with Crippen LogP contribution in [0, 0.1) is 5.92 Å². The lowest BCUT2D eigenvalue weighted by atomic mass is 9.93. The van der Waals surface area contributed by atoms with Gasteiger partial charge in [-0.2, -0.15) is 0 Å². The zero-order chi connectivity index (χ0) is 12.7. The molecule has 17 heavy (non-hydrogen) atoms. The molecular weight excluding hydrogens is 222 g/mol. The Labute approximate surface area is 101 Å². The van der Waals surface area contributed by atoms with E-state index in [2.05, 4.69) is 5.32 Å². The normalized spacial score (nSPS) is 20.9. The molecule has 1 rings (SSSR count). The number of amides is 1. The molecule has 2 atom stereocenters. The Morgan fingerprint density at radius 1 is 1.53 bits per heavy atom. The number of carboxylic acids is 1. The highest BCUT2D eigenvalue weighted by atomic mass is 16.5. The number of carboxylic acid groups (broad SMARTS) is 1. The van der Waals surface area contributed by atoms with E-state index in [1.165, 1.54) is 7.11 Å². The van der Waals surface area contributed by atoms with E-state index < -0.39 is 12.0 Å². The van der Waals surface area contributed by atoms with Gasteiger partial charge in [0.1, 0.15) is 6.04 Å². The second-order valence-electron chi connectivity index (χ2n) is 4.16. The van der Waals surface area contributed by atoms with E-state index in [1.54, 1.807) is 0 Å². The fourth-order valence-electron chi connectivity index (χ4n) is 1.81. The SMILES string of the molecule is COCCC(NC(=O)C1CC=CCC1)C(=O)O. The molecular formula is C12H19NO4. The molecule has 0 aromatic carbocycles. The van der Waals surface area contributed by atoms with Crippen molar-refractivity contribution in [2.24, 2.45) is 5.92 Å². The Balaban J connectivity index is 2.45. The molecule has 0 bridgehead atoms. The summed E-state index contributed by atoms with van der Waals surface area (Å²) in [7, 11) is 1.51. The summed E-state index contributed by atoms with van der Waals surface area (Å²) in [5, 5.41) is 11.5. The molecule has 0 aromatic rings. The topological polar surface area (TPSA) is 75.6 Å². The average molecular weight is 241 g/mol. The van der Waals surface area contributed by atoms with E-state index in [-0.39, 0.29) is 11.8 Å². The van der Waals surface area contributed by atoms with Crippen LogP contribution in [0.5, 0.6) is 0 Å². The second-order valence-corrected chi connectivity index (χ2v) is 4.16. The van der Waals surface area contributed by atoms with Crippen LogP contribution in [0.1, 0.15) is 25.7 Å². The molecule has 5 heteroatoms. The highest BCUT2D eigenvalue weighted by molar-refractivity contribution is 5.85. The standard InChI is InChI=1S/C12H19NO4/c1-17-8-7-10(12(15)16)13-11(14)9-5-3-2-4-6-9/h2-3,9-10H,4-8H2,1H3,(H,13,14)(H,15,16). The zero-order valence-corrected chi connectivity index (χ0v) is 10.0. The predicted octanol–water partition coefficient (Wildman–Crippen LogP) is 0.949. The van der Waals surface area contributed by atoms with Crippen LogP contribution < -0.4 is 5.32 Å². The first-order valence-corrected chi connectivity index (χ1v) is 5.82. The molecule has 0 saturated carbocycles. The monoisotopic (exact) mass is 241 g/mol. The molecule has 0 aromatic heterocycles. The summed E-state index contributed by atoms with van der Waals surface area (Å²) < 4.78 is 4.82. The molecule has 0 heterocycles. The quantitative estimate of drug-likeness (QED) is 0.679. The van der Waals surface area contributed by atoms with E-state index in [4.69, 9.17) is 9.84 Å². The molecule has 2 unspecified atom stereocenters. The van der Waals surface area contributed by atoms with E-state index in [0.29, 0.717) is 19.4 Å². The van der Waals surface area contributed by atoms with Crippen LogP contribution >= 0.6 is 0 Å². The number of hydrogen-bond donors (Lipinski definition) is 2. The smallest absolute Gasteiger partial charge is 0.326 e. The van der Waals surface area contributed by atoms with Crippen LogP contribution in [0.4, 0.5) is 0 Å². The molecule has 1 aliphatic rings. The Morgan fingerprint density at radius 3 is 2.82 bits per heavy atom. The number of rotatable bonds is 6. The van der Waals surface area contributed by atoms with E-state index in [9.17, 15) is 9.59 Å². The number of carbonyl (C=O) groups is 2. The zero-order valence-electron chi connectivity index (χ0n) is 10.0. The fraction of sp³-hybridized carbons (Fsp3) is 0.667. The maximum Gasteiger partial charge on any atom is 0.326 e. The average Bonchev–Trinajstić information content (AvgIpc) is 2.35. The van der Waals surface area contributed by atoms with Crippen LogP contribution in [0.2, 0.25) is 0 Å². The van der Waals surface area contributed by atoms with Crippen LogP contribution in [0.15, 0.2) is 12.2 Å². The highest BCUT2D eigenvalue weighted by Gasteiger charge is 2.24. The van der Waals surface area contributed by atoms with Gasteiger partial charge in [0.15, 0.2) is 0 Å². The van der Waals surface area contributed by atoms with Crippen LogP contribution in [0.3, 0.4) is 0 Å². The Bertz CT molecular complexity index is 301. The van der Waals surface area contributed by atoms with Crippen molar-refractivity contribution < 1.29 is 19.4 Å². The summed E-state index contributed by atoms with van der Waals surface area (Å²) in [6.45, 7) is 0.321. The van der Waals surface area contributed by atoms with Gasteiger partial charge in [0.25, 0.3) is 0 Å². The number of nitrogens with one attached hydrogen (secondary N) is 1. The highest BCUT2D eigenvalue weighted by Crippen LogP contribution is 2.18. The summed E-state index contributed by atoms with van der Waals surface area (Å²) in [5.41, 5.74) is 0. The van der Waals surface area contributed by atoms with E-state index in [1.807, 2.05) is 12.2 Å². The number of carbonyl (C=O) groups excluding carboxylic acids is 1. The molecule has 0 radical (unpaired) electrons. The van der Waals surface area contributed by atoms with Gasteiger partial charge in [0.2, 0.25) is 5.91 Å². The Kier molecular flexibility index (Phi) is 5.69. The molecule has 0 fully saturated rings. The number of allylic oxidation sites excluding steroid dienone is 2. The van der Waals surface area contributed by atoms with Crippen molar-refractivity contribution in [2.45, 2.75) is 31.7 Å². The molecule has 1 aliphatic carbocycles. The van der Waals surface area contributed by atoms with Gasteiger partial charge in [-0.1, -0.05) is 12.2 Å². The van der Waals surface area contributed by atoms with Gasteiger partial charge in [0.05, 0.1) is 0 Å². The first-order valence-electron chi connectivity index (χ1n) is 5.82. The molecule has 1 amide bonds. The third-order valence-electron chi connectivity index (χ3n) is 2.87. The lowest BCUT2D eigenvalue weighted by Crippen LogP contribution is -2.44. The summed E-state index contributed by atoms with van der Waals surface area (Å²) in [6, 6.07) is -0.853. The third-order valence-corrected chi connectivity index (χ3v) is 2.87. The van der Waals surface area contributed by atoms with Crippen LogP contribution in [-0.4, -0.2) is 36.7 Å². The van der Waals surface area contributed by atoms with Crippen LogP contribution in [0.25, 0.3) is 0 Å². The minimum Gasteiger partial charge on any atom is -0.480 e. The largest absolute Gasteiger partial charge is 0.480 e. The minimum atomic E-state index is -1.01. The van der Waals surface area contributed by atoms with Gasteiger partial charge >= 0.3 is 5.97 Å². The summed E-state index contributed by atoms with van der Waals surface area (Å²) in [5.74, 6) is -1.27. The number of ether oxygens (including phenoxy) is 1. The van der Waals surface area contributed by atoms with Gasteiger partial charge in [-0.15, -0.1) is 0 Å². The minimum absolute atomic E-state index is 0.0932. The Morgan fingerprint density at radius 2 is 2.29 bits per heavy atom. The van der Waals surface area contributed by atoms with Crippen LogP contribution in [-0.2, 0) is 14.3 Å². The molecule has 5 nitrogen and oxygen atoms in total. The van der Waals surface area contributed by atoms with E-state index >= 15 is 0 Å². The predicted molar refractivity (Wildman–Crippen MR) is 62.5 cm³/mol. The fourth-order valence-corrected chi connectivity index (χ4v) is 1.81. The first kappa shape index (κ1) is 13.7. The first-order chi connectivity index (χ1) is 8.15. The lowest BCUT2D eigenvalue weighted by molar-refractivity contribution is -0.143. The second kappa shape index (κ2) is 7.06. The van der Waals surface area contributed by atoms with Crippen molar-refractivity contribution in [3.05, 3.63) is 12.2 Å². The maximum absolute atomic E-state index is 11.8. The van der Waals surface area contributed by atoms with Crippen molar-refractivity contribution in [1.29, 1.82) is 0 Å². The van der Waals surface area contributed by atoms with Crippen molar-refractivity contribution in [1.82, 2.24) is 5.32 Å². The van der Waals surface area contributed by atoms with E-state index in [0.717, 1.165) is 12.8 Å². The molecule has 2 N–H and O–H groups in total. The molecule has 0 saturated heterocycles. The molecule has 0 aliphatic heterocycles. The molecule has 0 spiro atoms. The Hall–Kier alpha value is -1.36. The number of aliphatic carboxylic acids is 1. The van der Waals surface area contributed by atoms with Crippen molar-refractivity contribution in [3.63, 3.8) is 0 Å². The third kappa shape index (κ3) is 4.56. The summed E-state index contributed by atoms with van der Waals surface area (Å²) in [4.78, 5) is 22.8. The van der Waals surface area contributed by atoms with Gasteiger partial charge in [-0.3, -0.25) is 4.79 Å². The van der Waals surface area contributed by atoms with Gasteiger partial charge in [0, 0.05) is 26.1 Å². The number of methoxy groups -OCH3 is 1. The van der Waals surface area contributed by atoms with Gasteiger partial charge in [-0.25, -0.2) is 4.79 Å². The van der Waals surface area contributed by atoms with Crippen molar-refractivity contribution in [3.8, 4) is 0 Å². The number of hydrogen-bond acceptors (Lipinski definition) is 3. The molecule has 96 valence electrons. The van der Waals surface area contributed by atoms with Crippen molar-refractivity contribution >= 4 is 11.9 Å². The van der Waals surface area contributed by atoms with Crippen molar-refractivity contribution in [2.75, 3.05) is 13.7 Å². The van der Waals surface area contributed by atoms with Gasteiger partial charge in [-0.05, 0) is 19.3 Å². The summed E-state index contributed by atoms with van der Waals surface area (Å²) in [6.07, 6.45) is 6.68. The summed E-state index contributed by atoms with van der Waals surface area (Å²) >= 11 is 0. The lowest BCUT2D eigenvalue weighted by Gasteiger charge is -2.20. The maximum atomic E-state index is 11.8. The van der Waals surface area contributed by atoms with Gasteiger partial charge < -0.3 is 15.2 Å².